The summed E-state index contributed by atoms with van der Waals surface area (Å²) in [6.07, 6.45) is -0.125. The fourth-order valence-corrected chi connectivity index (χ4v) is 9.05. The number of aliphatic imine (C=N–C) groups is 2. The van der Waals surface area contributed by atoms with Crippen molar-refractivity contribution in [1.29, 1.82) is 0 Å². The van der Waals surface area contributed by atoms with Crippen molar-refractivity contribution in [2.24, 2.45) is 9.98 Å². The maximum absolute atomic E-state index is 13.1. The highest BCUT2D eigenvalue weighted by atomic mass is 35.5. The van der Waals surface area contributed by atoms with Crippen LogP contribution in [0.15, 0.2) is 70.6 Å². The summed E-state index contributed by atoms with van der Waals surface area (Å²) in [4.78, 5) is 67.9. The number of thiophene rings is 2. The number of para-hydroxylation sites is 4. The third kappa shape index (κ3) is 11.2. The van der Waals surface area contributed by atoms with E-state index in [0.29, 0.717) is 5.69 Å². The second-order valence-electron chi connectivity index (χ2n) is 14.8. The fourth-order valence-electron chi connectivity index (χ4n) is 7.00. The minimum Gasteiger partial charge on any atom is -0.481 e. The molecule has 4 aliphatic heterocycles. The number of piperazine rings is 2. The number of methoxy groups -OCH3 is 1. The molecule has 1 amide bonds. The van der Waals surface area contributed by atoms with Crippen molar-refractivity contribution < 1.29 is 29.0 Å². The molecular weight excluding hydrogens is 824 g/mol. The molecule has 8 rings (SSSR count). The zero-order valence-electron chi connectivity index (χ0n) is 34.6. The third-order valence-electron chi connectivity index (χ3n) is 10.3. The number of carboxylic acids is 1. The van der Waals surface area contributed by atoms with Crippen molar-refractivity contribution in [3.8, 4) is 0 Å². The number of benzene rings is 2. The number of carbonyl (C=O) groups excluding carboxylic acids is 3. The normalized spacial score (nSPS) is 16.0. The lowest BCUT2D eigenvalue weighted by atomic mass is 10.2. The zero-order chi connectivity index (χ0) is 42.9. The van der Waals surface area contributed by atoms with Gasteiger partial charge in [-0.25, -0.2) is 9.98 Å². The number of anilines is 4. The van der Waals surface area contributed by atoms with Gasteiger partial charge in [0.05, 0.1) is 53.8 Å². The number of carboxylic acid groups (broad SMARTS) is 1. The van der Waals surface area contributed by atoms with Crippen LogP contribution in [0.1, 0.15) is 46.6 Å². The van der Waals surface area contributed by atoms with Crippen LogP contribution in [0.25, 0.3) is 0 Å². The average Bonchev–Trinajstić information content (AvgIpc) is 3.71. The molecule has 17 heteroatoms. The molecule has 2 aromatic heterocycles. The van der Waals surface area contributed by atoms with Crippen molar-refractivity contribution in [2.75, 3.05) is 83.8 Å². The molecule has 0 saturated carbocycles. The van der Waals surface area contributed by atoms with Crippen LogP contribution in [0.5, 0.6) is 0 Å². The van der Waals surface area contributed by atoms with Gasteiger partial charge >= 0.3 is 11.9 Å². The van der Waals surface area contributed by atoms with E-state index in [9.17, 15) is 19.2 Å². The summed E-state index contributed by atoms with van der Waals surface area (Å²) in [7, 11) is 5.56. The maximum Gasteiger partial charge on any atom is 0.305 e. The molecule has 4 aliphatic rings. The Labute approximate surface area is 363 Å². The number of aryl methyl sites for hydroxylation is 2. The van der Waals surface area contributed by atoms with E-state index in [2.05, 4.69) is 87.1 Å². The summed E-state index contributed by atoms with van der Waals surface area (Å²) in [5.41, 5.74) is 5.73. The van der Waals surface area contributed by atoms with E-state index in [-0.39, 0.29) is 31.6 Å². The zero-order valence-corrected chi connectivity index (χ0v) is 37.0. The monoisotopic (exact) mass is 874 g/mol. The van der Waals surface area contributed by atoms with Crippen LogP contribution in [0.2, 0.25) is 0 Å². The first-order chi connectivity index (χ1) is 28.8. The van der Waals surface area contributed by atoms with E-state index in [1.165, 1.54) is 22.6 Å². The van der Waals surface area contributed by atoms with Crippen LogP contribution >= 0.6 is 34.3 Å². The predicted octanol–water partition coefficient (Wildman–Crippen LogP) is 7.37. The Hall–Kier alpha value is -5.13. The van der Waals surface area contributed by atoms with E-state index in [1.54, 1.807) is 27.6 Å². The van der Waals surface area contributed by atoms with E-state index in [4.69, 9.17) is 26.7 Å². The predicted molar refractivity (Wildman–Crippen MR) is 241 cm³/mol. The van der Waals surface area contributed by atoms with Gasteiger partial charge in [0, 0.05) is 75.0 Å². The molecular formula is C43H51ClN8O6S2. The molecule has 2 aromatic carbocycles. The summed E-state index contributed by atoms with van der Waals surface area (Å²) in [5, 5.41) is 14.1. The number of rotatable bonds is 6. The van der Waals surface area contributed by atoms with Gasteiger partial charge in [0.1, 0.15) is 21.7 Å². The van der Waals surface area contributed by atoms with Crippen LogP contribution in [0.4, 0.5) is 32.8 Å². The number of fused-ring (bicyclic) bond motifs is 4. The van der Waals surface area contributed by atoms with Crippen molar-refractivity contribution in [2.45, 2.75) is 39.5 Å². The number of halogens is 1. The van der Waals surface area contributed by atoms with Crippen molar-refractivity contribution in [3.63, 3.8) is 0 Å². The molecule has 0 atom stereocenters. The van der Waals surface area contributed by atoms with Gasteiger partial charge in [0.2, 0.25) is 11.1 Å². The molecule has 0 bridgehead atoms. The number of carbonyl (C=O) groups is 4. The number of hydrogen-bond donors (Lipinski definition) is 2. The van der Waals surface area contributed by atoms with Gasteiger partial charge < -0.3 is 34.8 Å². The first kappa shape index (κ1) is 44.4. The Bertz CT molecular complexity index is 2260. The third-order valence-corrected chi connectivity index (χ3v) is 12.5. The highest BCUT2D eigenvalue weighted by Crippen LogP contribution is 2.45. The number of nitrogens with zero attached hydrogens (tertiary/aromatic N) is 7. The number of amides is 1. The Morgan fingerprint density at radius 3 is 1.90 bits per heavy atom. The Morgan fingerprint density at radius 1 is 0.733 bits per heavy atom. The van der Waals surface area contributed by atoms with E-state index >= 15 is 0 Å². The topological polar surface area (TPSA) is 151 Å². The van der Waals surface area contributed by atoms with Gasteiger partial charge in [-0.2, -0.15) is 0 Å². The number of likely N-dealkylation sites (N-methyl/N-ethyl adjacent to an activating group) is 2. The number of hydrogen-bond acceptors (Lipinski definition) is 14. The number of amidine groups is 2. The Balaban J connectivity index is 0.000000172. The molecule has 60 heavy (non-hydrogen) atoms. The fraction of sp³-hybridized carbons (Fsp3) is 0.395. The standard InChI is InChI=1S/C21H24N4O3S.C17H20N4S.C5H7ClO3/c1-14-13-15-20(24-11-9-23(2)10-12-24)22-16-5-3-4-6-17(16)25(21(15)29-14)18(26)7-8-19(27)28;1-12-11-13-16(21-9-7-20(2)8-10-21)18-14-5-3-4-6-15(14)19-17(13)22-12;1-9-5(8)3-2-4(6)7/h3-6,13H,7-12H2,1-2H3,(H,27,28);3-6,11,19H,7-10H2,1-2H3;2-3H2,1H3. The number of esters is 1. The molecule has 14 nitrogen and oxygen atoms in total. The smallest absolute Gasteiger partial charge is 0.305 e. The maximum atomic E-state index is 13.1. The lowest BCUT2D eigenvalue weighted by Gasteiger charge is -2.34. The van der Waals surface area contributed by atoms with Gasteiger partial charge in [-0.1, -0.05) is 24.3 Å². The van der Waals surface area contributed by atoms with Gasteiger partial charge in [0.25, 0.3) is 0 Å². The minimum atomic E-state index is -0.974. The molecule has 2 fully saturated rings. The van der Waals surface area contributed by atoms with Crippen molar-refractivity contribution >= 4 is 102 Å². The second-order valence-corrected chi connectivity index (χ2v) is 17.7. The largest absolute Gasteiger partial charge is 0.481 e. The molecule has 0 aliphatic carbocycles. The summed E-state index contributed by atoms with van der Waals surface area (Å²) < 4.78 is 4.25. The van der Waals surface area contributed by atoms with Gasteiger partial charge in [-0.15, -0.1) is 22.7 Å². The molecule has 0 spiro atoms. The van der Waals surface area contributed by atoms with Gasteiger partial charge in [0.15, 0.2) is 0 Å². The SMILES string of the molecule is COC(=O)CCC(=O)Cl.Cc1cc2c(s1)N(C(=O)CCC(=O)O)c1ccccc1N=C2N1CCN(C)CC1.Cc1cc2c(s1)Nc1ccccc1N=C2N1CCN(C)CC1. The molecule has 6 heterocycles. The summed E-state index contributed by atoms with van der Waals surface area (Å²) >= 11 is 8.28. The molecule has 0 radical (unpaired) electrons. The molecule has 0 unspecified atom stereocenters. The van der Waals surface area contributed by atoms with Crippen LogP contribution in [-0.2, 0) is 23.9 Å². The van der Waals surface area contributed by atoms with E-state index in [0.717, 1.165) is 96.5 Å². The van der Waals surface area contributed by atoms with Crippen LogP contribution in [-0.4, -0.2) is 133 Å². The highest BCUT2D eigenvalue weighted by Gasteiger charge is 2.32. The Kier molecular flexibility index (Phi) is 15.1. The molecule has 4 aromatic rings. The number of ether oxygens (including phenoxy) is 1. The Morgan fingerprint density at radius 2 is 1.28 bits per heavy atom. The number of aliphatic carboxylic acids is 1. The van der Waals surface area contributed by atoms with Crippen molar-refractivity contribution in [1.82, 2.24) is 19.6 Å². The molecule has 318 valence electrons. The minimum absolute atomic E-state index is 0.0498. The number of nitrogens with one attached hydrogen (secondary N) is 1. The average molecular weight is 876 g/mol. The highest BCUT2D eigenvalue weighted by molar-refractivity contribution is 7.17. The first-order valence-electron chi connectivity index (χ1n) is 19.8. The molecule has 2 N–H and O–H groups in total. The van der Waals surface area contributed by atoms with Crippen LogP contribution in [0, 0.1) is 13.8 Å². The van der Waals surface area contributed by atoms with Gasteiger partial charge in [-0.3, -0.25) is 24.1 Å². The van der Waals surface area contributed by atoms with E-state index in [1.807, 2.05) is 31.2 Å². The summed E-state index contributed by atoms with van der Waals surface area (Å²) in [5.74, 6) is 0.392. The first-order valence-corrected chi connectivity index (χ1v) is 21.8. The second kappa shape index (κ2) is 20.4. The van der Waals surface area contributed by atoms with Crippen LogP contribution < -0.4 is 10.2 Å². The summed E-state index contributed by atoms with van der Waals surface area (Å²) in [6, 6.07) is 20.2. The van der Waals surface area contributed by atoms with Crippen molar-refractivity contribution in [3.05, 3.63) is 81.5 Å². The summed E-state index contributed by atoms with van der Waals surface area (Å²) in [6.45, 7) is 12.1. The lowest BCUT2D eigenvalue weighted by Crippen LogP contribution is -2.47. The van der Waals surface area contributed by atoms with E-state index < -0.39 is 17.2 Å². The van der Waals surface area contributed by atoms with Gasteiger partial charge in [-0.05, 0) is 75.9 Å². The lowest BCUT2D eigenvalue weighted by molar-refractivity contribution is -0.141. The quantitative estimate of drug-likeness (QED) is 0.148. The molecule has 2 saturated heterocycles. The van der Waals surface area contributed by atoms with Crippen LogP contribution in [0.3, 0.4) is 0 Å².